The lowest BCUT2D eigenvalue weighted by Crippen LogP contribution is -2.84. The lowest BCUT2D eigenvalue weighted by Gasteiger charge is -2.71. The largest absolute Gasteiger partial charge is 0.472 e. The van der Waals surface area contributed by atoms with Crippen LogP contribution >= 0.6 is 0 Å². The highest BCUT2D eigenvalue weighted by Gasteiger charge is 2.89. The highest BCUT2D eigenvalue weighted by molar-refractivity contribution is 5.93. The van der Waals surface area contributed by atoms with E-state index in [1.54, 1.807) is 13.0 Å². The molecule has 1 aromatic heterocycles. The van der Waals surface area contributed by atoms with E-state index in [1.165, 1.54) is 19.6 Å². The SMILES string of the molecule is COC(=O)C[C@H]1C(C)(C)[C@@H]2O[C@@]34C[C@H]2C(=O)[C@@]1(C)[C@@]3(O)CC[C@@]1(C)[C@H](c2ccoc2)OC(=O)C[C@@]41O. The molecule has 9 nitrogen and oxygen atoms in total. The van der Waals surface area contributed by atoms with Crippen LogP contribution in [0.15, 0.2) is 23.0 Å². The third-order valence-corrected chi connectivity index (χ3v) is 11.2. The molecule has 0 radical (unpaired) electrons. The van der Waals surface area contributed by atoms with Crippen molar-refractivity contribution in [2.24, 2.45) is 28.1 Å². The van der Waals surface area contributed by atoms with Crippen LogP contribution in [0.25, 0.3) is 0 Å². The molecule has 1 spiro atoms. The summed E-state index contributed by atoms with van der Waals surface area (Å²) in [4.78, 5) is 39.7. The van der Waals surface area contributed by atoms with Crippen LogP contribution in [0.1, 0.15) is 71.5 Å². The van der Waals surface area contributed by atoms with Gasteiger partial charge in [0.25, 0.3) is 0 Å². The number of furan rings is 1. The maximum Gasteiger partial charge on any atom is 0.309 e. The molecule has 6 rings (SSSR count). The Hall–Kier alpha value is -2.23. The lowest BCUT2D eigenvalue weighted by atomic mass is 9.35. The predicted octanol–water partition coefficient (Wildman–Crippen LogP) is 2.48. The first-order valence-corrected chi connectivity index (χ1v) is 12.7. The van der Waals surface area contributed by atoms with Crippen molar-refractivity contribution in [2.45, 2.75) is 88.8 Å². The van der Waals surface area contributed by atoms with Crippen molar-refractivity contribution >= 4 is 17.7 Å². The van der Waals surface area contributed by atoms with Crippen LogP contribution in [-0.2, 0) is 28.6 Å². The topological polar surface area (TPSA) is 132 Å². The van der Waals surface area contributed by atoms with Crippen LogP contribution in [0.5, 0.6) is 0 Å². The summed E-state index contributed by atoms with van der Waals surface area (Å²) in [5, 5.41) is 25.5. The van der Waals surface area contributed by atoms with Gasteiger partial charge in [-0.15, -0.1) is 0 Å². The first-order valence-electron chi connectivity index (χ1n) is 12.7. The van der Waals surface area contributed by atoms with Crippen molar-refractivity contribution in [2.75, 3.05) is 7.11 Å². The maximum absolute atomic E-state index is 14.1. The average Bonchev–Trinajstić information content (AvgIpc) is 3.48. The van der Waals surface area contributed by atoms with E-state index in [9.17, 15) is 24.6 Å². The fourth-order valence-electron chi connectivity index (χ4n) is 9.30. The number of ether oxygens (including phenoxy) is 3. The van der Waals surface area contributed by atoms with Gasteiger partial charge >= 0.3 is 11.9 Å². The third kappa shape index (κ3) is 2.28. The number of hydrogen-bond donors (Lipinski definition) is 2. The number of cyclic esters (lactones) is 1. The van der Waals surface area contributed by atoms with E-state index in [-0.39, 0.29) is 37.9 Å². The molecule has 3 bridgehead atoms. The number of esters is 2. The summed E-state index contributed by atoms with van der Waals surface area (Å²) in [6, 6.07) is 1.70. The molecular weight excluding hydrogens is 468 g/mol. The Labute approximate surface area is 209 Å². The van der Waals surface area contributed by atoms with Crippen LogP contribution in [0.2, 0.25) is 0 Å². The average molecular weight is 503 g/mol. The van der Waals surface area contributed by atoms with Crippen LogP contribution in [0.3, 0.4) is 0 Å². The molecule has 3 heterocycles. The zero-order valence-electron chi connectivity index (χ0n) is 21.3. The number of Topliss-reactive ketones (excluding diaryl/α,β-unsaturated/α-hetero) is 1. The number of aliphatic hydroxyl groups is 2. The normalized spacial score (nSPS) is 50.3. The van der Waals surface area contributed by atoms with E-state index in [2.05, 4.69) is 0 Å². The zero-order valence-corrected chi connectivity index (χ0v) is 21.3. The molecule has 0 aromatic carbocycles. The first-order chi connectivity index (χ1) is 16.7. The molecule has 196 valence electrons. The summed E-state index contributed by atoms with van der Waals surface area (Å²) in [6.45, 7) is 7.49. The standard InChI is InChI=1S/C27H34O9/c1-22(2)16(10-17(28)33-5)24(4)19(30)15-11-27(36-21(15)22)25(24,31)8-7-23(3)20(14-6-9-34-13-14)35-18(29)12-26(23,27)32/h6,9,13,15-16,20-21,31-32H,7-8,10-12H2,1-5H3/t15-,16-,20-,21+,23-,24-,25-,26-,27-/m0/s1. The van der Waals surface area contributed by atoms with Crippen LogP contribution in [0.4, 0.5) is 0 Å². The fraction of sp³-hybridized carbons (Fsp3) is 0.741. The maximum atomic E-state index is 14.1. The second kappa shape index (κ2) is 6.79. The molecule has 3 aliphatic carbocycles. The van der Waals surface area contributed by atoms with E-state index in [0.717, 1.165) is 0 Å². The Bertz CT molecular complexity index is 1160. The number of carbonyl (C=O) groups is 3. The summed E-state index contributed by atoms with van der Waals surface area (Å²) < 4.78 is 22.9. The van der Waals surface area contributed by atoms with Crippen molar-refractivity contribution < 1.29 is 43.2 Å². The number of rotatable bonds is 3. The summed E-state index contributed by atoms with van der Waals surface area (Å²) >= 11 is 0. The Morgan fingerprint density at radius 3 is 2.50 bits per heavy atom. The van der Waals surface area contributed by atoms with Crippen molar-refractivity contribution in [3.8, 4) is 0 Å². The Balaban J connectivity index is 1.58. The Morgan fingerprint density at radius 2 is 1.86 bits per heavy atom. The minimum atomic E-state index is -1.84. The molecule has 36 heavy (non-hydrogen) atoms. The van der Waals surface area contributed by atoms with Gasteiger partial charge in [-0.25, -0.2) is 0 Å². The van der Waals surface area contributed by atoms with E-state index in [1.807, 2.05) is 20.8 Å². The lowest BCUT2D eigenvalue weighted by molar-refractivity contribution is -0.358. The van der Waals surface area contributed by atoms with E-state index in [4.69, 9.17) is 18.6 Å². The van der Waals surface area contributed by atoms with Gasteiger partial charge in [-0.2, -0.15) is 0 Å². The fourth-order valence-corrected chi connectivity index (χ4v) is 9.30. The molecule has 1 aromatic rings. The first kappa shape index (κ1) is 24.1. The third-order valence-electron chi connectivity index (χ3n) is 11.2. The van der Waals surface area contributed by atoms with Gasteiger partial charge in [0.15, 0.2) is 0 Å². The molecule has 0 unspecified atom stereocenters. The highest BCUT2D eigenvalue weighted by atomic mass is 16.6. The van der Waals surface area contributed by atoms with Gasteiger partial charge in [0.05, 0.1) is 37.6 Å². The summed E-state index contributed by atoms with van der Waals surface area (Å²) in [5.41, 5.74) is -7.76. The van der Waals surface area contributed by atoms with E-state index in [0.29, 0.717) is 5.56 Å². The van der Waals surface area contributed by atoms with Crippen molar-refractivity contribution in [1.82, 2.24) is 0 Å². The Kier molecular flexibility index (Phi) is 4.55. The number of methoxy groups -OCH3 is 1. The van der Waals surface area contributed by atoms with Crippen LogP contribution in [-0.4, -0.2) is 58.0 Å². The number of fused-ring (bicyclic) bond motifs is 3. The van der Waals surface area contributed by atoms with E-state index < -0.39 is 69.0 Å². The molecule has 0 amide bonds. The van der Waals surface area contributed by atoms with Crippen LogP contribution < -0.4 is 0 Å². The number of hydrogen-bond acceptors (Lipinski definition) is 9. The summed E-state index contributed by atoms with van der Waals surface area (Å²) in [6.07, 6.45) is 1.60. The highest BCUT2D eigenvalue weighted by Crippen LogP contribution is 2.78. The van der Waals surface area contributed by atoms with Gasteiger partial charge in [-0.3, -0.25) is 14.4 Å². The quantitative estimate of drug-likeness (QED) is 0.598. The molecule has 5 aliphatic rings. The van der Waals surface area contributed by atoms with Gasteiger partial charge in [-0.05, 0) is 43.6 Å². The molecule has 5 fully saturated rings. The zero-order chi connectivity index (χ0) is 26.1. The molecule has 2 N–H and O–H groups in total. The molecule has 3 saturated carbocycles. The minimum Gasteiger partial charge on any atom is -0.472 e. The van der Waals surface area contributed by atoms with Gasteiger partial charge in [-0.1, -0.05) is 20.8 Å². The minimum absolute atomic E-state index is 0.0634. The van der Waals surface area contributed by atoms with Crippen molar-refractivity contribution in [3.05, 3.63) is 24.2 Å². The van der Waals surface area contributed by atoms with Gasteiger partial charge < -0.3 is 28.8 Å². The van der Waals surface area contributed by atoms with Gasteiger partial charge in [0.1, 0.15) is 28.7 Å². The van der Waals surface area contributed by atoms with Crippen molar-refractivity contribution in [1.29, 1.82) is 0 Å². The second-order valence-corrected chi connectivity index (χ2v) is 12.6. The molecule has 9 atom stereocenters. The summed E-state index contributed by atoms with van der Waals surface area (Å²) in [7, 11) is 1.30. The number of carbonyl (C=O) groups excluding carboxylic acids is 3. The number of ketones is 1. The van der Waals surface area contributed by atoms with Gasteiger partial charge in [0, 0.05) is 23.3 Å². The molecular formula is C27H34O9. The molecule has 9 heteroatoms. The van der Waals surface area contributed by atoms with Crippen molar-refractivity contribution in [3.63, 3.8) is 0 Å². The summed E-state index contributed by atoms with van der Waals surface area (Å²) in [5.74, 6) is -2.39. The molecule has 2 aliphatic heterocycles. The monoisotopic (exact) mass is 502 g/mol. The van der Waals surface area contributed by atoms with Gasteiger partial charge in [0.2, 0.25) is 0 Å². The Morgan fingerprint density at radius 1 is 1.14 bits per heavy atom. The smallest absolute Gasteiger partial charge is 0.309 e. The van der Waals surface area contributed by atoms with E-state index >= 15 is 0 Å². The molecule has 2 saturated heterocycles. The van der Waals surface area contributed by atoms with Crippen LogP contribution in [0, 0.1) is 28.1 Å². The predicted molar refractivity (Wildman–Crippen MR) is 122 cm³/mol. The second-order valence-electron chi connectivity index (χ2n) is 12.6.